The fraction of sp³-hybridized carbons (Fsp3) is 0.524. The van der Waals surface area contributed by atoms with E-state index in [9.17, 15) is 28.0 Å². The number of hydrogen-bond donors (Lipinski definition) is 1. The summed E-state index contributed by atoms with van der Waals surface area (Å²) in [7, 11) is 1.22. The second kappa shape index (κ2) is 10.3. The lowest BCUT2D eigenvalue weighted by atomic mass is 10.0. The number of hydrogen-bond acceptors (Lipinski definition) is 7. The van der Waals surface area contributed by atoms with E-state index in [1.807, 2.05) is 0 Å². The van der Waals surface area contributed by atoms with E-state index in [-0.39, 0.29) is 53.3 Å². The SMILES string of the molecule is CCCc1c(OCCCN(N)C(=O)C(C)(C)N(C)[O-])c(Cl)cc2c(C(F)(F)F)cc(=O)oc12. The van der Waals surface area contributed by atoms with E-state index in [4.69, 9.17) is 26.6 Å². The van der Waals surface area contributed by atoms with Crippen LogP contribution in [-0.4, -0.2) is 41.7 Å². The molecule has 1 aromatic heterocycles. The lowest BCUT2D eigenvalue weighted by molar-refractivity contribution is -0.141. The summed E-state index contributed by atoms with van der Waals surface area (Å²) >= 11 is 6.25. The number of nitrogens with two attached hydrogens (primary N) is 1. The van der Waals surface area contributed by atoms with Gasteiger partial charge < -0.3 is 19.4 Å². The summed E-state index contributed by atoms with van der Waals surface area (Å²) in [6.45, 7) is 4.74. The smallest absolute Gasteiger partial charge is 0.417 e. The van der Waals surface area contributed by atoms with E-state index in [1.165, 1.54) is 20.9 Å². The third-order valence-electron chi connectivity index (χ3n) is 5.20. The molecule has 0 spiro atoms. The van der Waals surface area contributed by atoms with E-state index in [2.05, 4.69) is 0 Å². The van der Waals surface area contributed by atoms with Gasteiger partial charge in [0.15, 0.2) is 0 Å². The van der Waals surface area contributed by atoms with Gasteiger partial charge in [0.2, 0.25) is 0 Å². The van der Waals surface area contributed by atoms with Crippen LogP contribution in [0.2, 0.25) is 5.02 Å². The number of benzene rings is 1. The molecule has 184 valence electrons. The number of hydroxylamine groups is 2. The Morgan fingerprint density at radius 3 is 2.48 bits per heavy atom. The zero-order chi connectivity index (χ0) is 25.1. The largest absolute Gasteiger partial charge is 0.785 e. The Kier molecular flexibility index (Phi) is 8.39. The van der Waals surface area contributed by atoms with E-state index < -0.39 is 28.8 Å². The molecule has 33 heavy (non-hydrogen) atoms. The molecule has 8 nitrogen and oxygen atoms in total. The molecule has 0 saturated carbocycles. The van der Waals surface area contributed by atoms with Crippen LogP contribution in [0.5, 0.6) is 5.75 Å². The van der Waals surface area contributed by atoms with Gasteiger partial charge in [0, 0.05) is 30.0 Å². The van der Waals surface area contributed by atoms with Crippen LogP contribution in [0.3, 0.4) is 0 Å². The Labute approximate surface area is 193 Å². The summed E-state index contributed by atoms with van der Waals surface area (Å²) in [5, 5.41) is 12.6. The summed E-state index contributed by atoms with van der Waals surface area (Å²) in [5.41, 5.74) is -3.60. The molecule has 0 bridgehead atoms. The summed E-state index contributed by atoms with van der Waals surface area (Å²) in [6.07, 6.45) is -3.75. The van der Waals surface area contributed by atoms with Crippen LogP contribution in [0.1, 0.15) is 44.7 Å². The lowest BCUT2D eigenvalue weighted by Gasteiger charge is -2.41. The van der Waals surface area contributed by atoms with Crippen molar-refractivity contribution < 1.29 is 27.1 Å². The predicted octanol–water partition coefficient (Wildman–Crippen LogP) is 4.10. The molecule has 1 heterocycles. The molecule has 0 aliphatic heterocycles. The molecule has 1 amide bonds. The van der Waals surface area contributed by atoms with Crippen molar-refractivity contribution in [2.45, 2.75) is 51.7 Å². The predicted molar refractivity (Wildman–Crippen MR) is 118 cm³/mol. The summed E-state index contributed by atoms with van der Waals surface area (Å²) in [5.74, 6) is 5.27. The number of nitrogens with zero attached hydrogens (tertiary/aromatic N) is 2. The van der Waals surface area contributed by atoms with Gasteiger partial charge >= 0.3 is 11.8 Å². The van der Waals surface area contributed by atoms with Crippen molar-refractivity contribution in [2.24, 2.45) is 5.84 Å². The highest BCUT2D eigenvalue weighted by molar-refractivity contribution is 6.33. The topological polar surface area (TPSA) is 112 Å². The number of ether oxygens (including phenoxy) is 1. The van der Waals surface area contributed by atoms with Crippen LogP contribution < -0.4 is 16.2 Å². The maximum Gasteiger partial charge on any atom is 0.417 e. The second-order valence-electron chi connectivity index (χ2n) is 8.03. The highest BCUT2D eigenvalue weighted by atomic mass is 35.5. The van der Waals surface area contributed by atoms with E-state index in [0.717, 1.165) is 11.1 Å². The molecule has 2 N–H and O–H groups in total. The Morgan fingerprint density at radius 2 is 1.94 bits per heavy atom. The van der Waals surface area contributed by atoms with Crippen molar-refractivity contribution in [1.82, 2.24) is 10.1 Å². The number of alkyl halides is 3. The Bertz CT molecular complexity index is 1070. The number of rotatable bonds is 9. The van der Waals surface area contributed by atoms with Gasteiger partial charge in [-0.15, -0.1) is 0 Å². The monoisotopic (exact) mass is 492 g/mol. The third kappa shape index (κ3) is 5.97. The summed E-state index contributed by atoms with van der Waals surface area (Å²) in [6, 6.07) is 1.45. The summed E-state index contributed by atoms with van der Waals surface area (Å²) in [4.78, 5) is 24.1. The maximum atomic E-state index is 13.4. The molecule has 0 unspecified atom stereocenters. The molecule has 12 heteroatoms. The number of carbonyl (C=O) groups is 1. The van der Waals surface area contributed by atoms with Crippen LogP contribution in [0, 0.1) is 5.21 Å². The number of aryl methyl sites for hydroxylation is 1. The van der Waals surface area contributed by atoms with Gasteiger partial charge in [0.1, 0.15) is 11.3 Å². The Morgan fingerprint density at radius 1 is 1.30 bits per heavy atom. The van der Waals surface area contributed by atoms with Crippen molar-refractivity contribution in [1.29, 1.82) is 0 Å². The molecule has 0 radical (unpaired) electrons. The van der Waals surface area contributed by atoms with Crippen molar-refractivity contribution in [3.8, 4) is 5.75 Å². The molecule has 2 aromatic rings. The van der Waals surface area contributed by atoms with Gasteiger partial charge in [-0.1, -0.05) is 24.9 Å². The minimum atomic E-state index is -4.77. The number of fused-ring (bicyclic) bond motifs is 1. The summed E-state index contributed by atoms with van der Waals surface area (Å²) < 4.78 is 51.2. The van der Waals surface area contributed by atoms with Crippen LogP contribution in [0.25, 0.3) is 11.0 Å². The minimum absolute atomic E-state index is 0.0136. The van der Waals surface area contributed by atoms with Crippen molar-refractivity contribution >= 4 is 28.5 Å². The van der Waals surface area contributed by atoms with Gasteiger partial charge in [-0.3, -0.25) is 9.80 Å². The van der Waals surface area contributed by atoms with Crippen LogP contribution >= 0.6 is 11.6 Å². The second-order valence-corrected chi connectivity index (χ2v) is 8.43. The first kappa shape index (κ1) is 26.9. The van der Waals surface area contributed by atoms with E-state index in [0.29, 0.717) is 17.6 Å². The molecule has 0 fully saturated rings. The molecule has 1 aromatic carbocycles. The normalized spacial score (nSPS) is 12.5. The van der Waals surface area contributed by atoms with E-state index >= 15 is 0 Å². The average Bonchev–Trinajstić information content (AvgIpc) is 2.71. The number of likely N-dealkylation sites (N-methyl/N-ethyl adjacent to an activating group) is 1. The van der Waals surface area contributed by atoms with Crippen molar-refractivity contribution in [3.05, 3.63) is 43.9 Å². The molecule has 0 atom stereocenters. The van der Waals surface area contributed by atoms with Crippen molar-refractivity contribution in [3.63, 3.8) is 0 Å². The molecule has 0 aliphatic rings. The first-order valence-electron chi connectivity index (χ1n) is 10.2. The number of amides is 1. The zero-order valence-electron chi connectivity index (χ0n) is 18.7. The first-order chi connectivity index (χ1) is 15.2. The fourth-order valence-electron chi connectivity index (χ4n) is 3.17. The minimum Gasteiger partial charge on any atom is -0.785 e. The highest BCUT2D eigenvalue weighted by Crippen LogP contribution is 2.41. The Balaban J connectivity index is 2.29. The van der Waals surface area contributed by atoms with Gasteiger partial charge in [-0.25, -0.2) is 10.6 Å². The highest BCUT2D eigenvalue weighted by Gasteiger charge is 2.35. The van der Waals surface area contributed by atoms with Crippen molar-refractivity contribution in [2.75, 3.05) is 20.2 Å². The molecular formula is C21H26ClF3N3O5-. The maximum absolute atomic E-state index is 13.4. The number of hydrazine groups is 1. The Hall–Kier alpha value is -2.34. The van der Waals surface area contributed by atoms with Crippen LogP contribution in [0.4, 0.5) is 13.2 Å². The molecular weight excluding hydrogens is 467 g/mol. The number of carbonyl (C=O) groups excluding carboxylic acids is 1. The molecule has 0 saturated heterocycles. The first-order valence-corrected chi connectivity index (χ1v) is 10.6. The van der Waals surface area contributed by atoms with E-state index in [1.54, 1.807) is 6.92 Å². The van der Waals surface area contributed by atoms with Gasteiger partial charge in [0.25, 0.3) is 5.91 Å². The standard InChI is InChI=1S/C21H26ClF3N3O5/c1-5-7-12-17-13(14(21(23,24)25)11-16(29)33-17)10-15(22)18(12)32-9-6-8-28(26)19(30)20(2,3)27(4)31/h10-11H,5-9,26H2,1-4H3/q-1. The molecule has 0 aliphatic carbocycles. The van der Waals surface area contributed by atoms with Gasteiger partial charge in [-0.05, 0) is 33.4 Å². The van der Waals surface area contributed by atoms with Gasteiger partial charge in [-0.2, -0.15) is 13.2 Å². The fourth-order valence-corrected chi connectivity index (χ4v) is 3.45. The lowest BCUT2D eigenvalue weighted by Crippen LogP contribution is -2.55. The number of halogens is 4. The van der Waals surface area contributed by atoms with Crippen LogP contribution in [-0.2, 0) is 17.4 Å². The average molecular weight is 493 g/mol. The van der Waals surface area contributed by atoms with Gasteiger partial charge in [0.05, 0.1) is 22.7 Å². The zero-order valence-corrected chi connectivity index (χ0v) is 19.5. The quantitative estimate of drug-likeness (QED) is 0.184. The molecule has 2 rings (SSSR count). The third-order valence-corrected chi connectivity index (χ3v) is 5.48. The van der Waals surface area contributed by atoms with Crippen LogP contribution in [0.15, 0.2) is 21.3 Å².